The molecule has 0 saturated carbocycles. The maximum atomic E-state index is 8.90. The van der Waals surface area contributed by atoms with E-state index in [9.17, 15) is 0 Å². The highest BCUT2D eigenvalue weighted by Crippen LogP contribution is 2.22. The molecule has 0 fully saturated rings. The monoisotopic (exact) mass is 305 g/mol. The van der Waals surface area contributed by atoms with E-state index >= 15 is 0 Å². The number of rotatable bonds is 5. The van der Waals surface area contributed by atoms with Gasteiger partial charge in [-0.15, -0.1) is 0 Å². The van der Waals surface area contributed by atoms with Crippen molar-refractivity contribution in [3.05, 3.63) is 41.6 Å². The lowest BCUT2D eigenvalue weighted by Gasteiger charge is -2.07. The molecular weight excluding hydrogens is 290 g/mol. The Balaban J connectivity index is 2.43. The van der Waals surface area contributed by atoms with Crippen LogP contribution in [-0.4, -0.2) is 32.4 Å². The van der Waals surface area contributed by atoms with Gasteiger partial charge in [0.15, 0.2) is 5.16 Å². The number of nitrogens with two attached hydrogens (primary N) is 1. The summed E-state index contributed by atoms with van der Waals surface area (Å²) in [4.78, 5) is 9.01. The molecule has 20 heavy (non-hydrogen) atoms. The molecule has 2 aromatic rings. The summed E-state index contributed by atoms with van der Waals surface area (Å²) >= 11 is 6.37. The number of thioether (sulfide) groups is 1. The van der Waals surface area contributed by atoms with Gasteiger partial charge in [-0.25, -0.2) is 9.97 Å². The van der Waals surface area contributed by atoms with Crippen LogP contribution >= 0.6 is 24.0 Å². The van der Waals surface area contributed by atoms with Crippen LogP contribution in [0.1, 0.15) is 11.3 Å². The van der Waals surface area contributed by atoms with E-state index in [-0.39, 0.29) is 11.6 Å². The second-order valence-corrected chi connectivity index (χ2v) is 5.73. The van der Waals surface area contributed by atoms with E-state index < -0.39 is 0 Å². The number of nitrogens with zero attached hydrogens (tertiary/aromatic N) is 2. The predicted octanol–water partition coefficient (Wildman–Crippen LogP) is 2.17. The van der Waals surface area contributed by atoms with E-state index in [4.69, 9.17) is 23.1 Å². The first-order chi connectivity index (χ1) is 9.60. The third-order valence-electron chi connectivity index (χ3n) is 2.63. The van der Waals surface area contributed by atoms with E-state index in [1.54, 1.807) is 6.07 Å². The van der Waals surface area contributed by atoms with Crippen LogP contribution in [-0.2, 0) is 0 Å². The molecule has 6 heteroatoms. The zero-order chi connectivity index (χ0) is 14.5. The van der Waals surface area contributed by atoms with E-state index in [0.29, 0.717) is 16.6 Å². The molecule has 0 aliphatic heterocycles. The number of hydrogen-bond donors (Lipinski definition) is 2. The summed E-state index contributed by atoms with van der Waals surface area (Å²) in [5.41, 5.74) is 9.17. The molecule has 0 atom stereocenters. The molecule has 2 rings (SSSR count). The molecule has 0 amide bonds. The smallest absolute Gasteiger partial charge is 0.188 e. The number of aliphatic hydroxyl groups excluding tert-OH is 1. The Hall–Kier alpha value is -1.50. The first kappa shape index (κ1) is 14.9. The Kier molecular flexibility index (Phi) is 5.05. The minimum atomic E-state index is 0.0746. The van der Waals surface area contributed by atoms with Crippen LogP contribution in [0.25, 0.3) is 11.3 Å². The third kappa shape index (κ3) is 3.75. The number of thiocarbonyl (C=S) groups is 1. The van der Waals surface area contributed by atoms with E-state index in [1.807, 2.05) is 31.2 Å². The maximum Gasteiger partial charge on any atom is 0.188 e. The van der Waals surface area contributed by atoms with Gasteiger partial charge in [-0.1, -0.05) is 53.8 Å². The molecule has 1 aromatic carbocycles. The Morgan fingerprint density at radius 1 is 1.30 bits per heavy atom. The number of aliphatic hydroxyl groups is 1. The fourth-order valence-electron chi connectivity index (χ4n) is 1.63. The number of benzene rings is 1. The summed E-state index contributed by atoms with van der Waals surface area (Å²) in [5, 5.41) is 9.47. The van der Waals surface area contributed by atoms with Crippen LogP contribution in [0.2, 0.25) is 0 Å². The van der Waals surface area contributed by atoms with Gasteiger partial charge in [0, 0.05) is 11.3 Å². The van der Waals surface area contributed by atoms with Crippen molar-refractivity contribution in [3.63, 3.8) is 0 Å². The van der Waals surface area contributed by atoms with Crippen LogP contribution in [0.15, 0.2) is 35.5 Å². The topological polar surface area (TPSA) is 72.0 Å². The first-order valence-electron chi connectivity index (χ1n) is 6.09. The predicted molar refractivity (Wildman–Crippen MR) is 85.9 cm³/mol. The van der Waals surface area contributed by atoms with Crippen molar-refractivity contribution in [1.29, 1.82) is 0 Å². The number of aromatic nitrogens is 2. The zero-order valence-electron chi connectivity index (χ0n) is 11.0. The average Bonchev–Trinajstić information content (AvgIpc) is 2.45. The lowest BCUT2D eigenvalue weighted by atomic mass is 10.1. The van der Waals surface area contributed by atoms with Gasteiger partial charge >= 0.3 is 0 Å². The molecule has 0 radical (unpaired) electrons. The van der Waals surface area contributed by atoms with Crippen LogP contribution in [0.4, 0.5) is 0 Å². The Morgan fingerprint density at radius 3 is 2.60 bits per heavy atom. The van der Waals surface area contributed by atoms with E-state index in [1.165, 1.54) is 17.3 Å². The first-order valence-corrected chi connectivity index (χ1v) is 7.49. The molecule has 1 heterocycles. The van der Waals surface area contributed by atoms with Crippen molar-refractivity contribution in [2.45, 2.75) is 12.1 Å². The van der Waals surface area contributed by atoms with Crippen LogP contribution in [0, 0.1) is 6.92 Å². The van der Waals surface area contributed by atoms with Crippen molar-refractivity contribution in [2.75, 3.05) is 12.4 Å². The minimum absolute atomic E-state index is 0.0746. The SMILES string of the molecule is Cc1ccc(-c2cc(C(N)=S)nc(SCCO)n2)cc1. The molecule has 0 unspecified atom stereocenters. The van der Waals surface area contributed by atoms with Crippen LogP contribution < -0.4 is 5.73 Å². The largest absolute Gasteiger partial charge is 0.396 e. The number of aryl methyl sites for hydroxylation is 1. The summed E-state index contributed by atoms with van der Waals surface area (Å²) in [7, 11) is 0. The van der Waals surface area contributed by atoms with Gasteiger partial charge in [0.25, 0.3) is 0 Å². The molecule has 0 bridgehead atoms. The van der Waals surface area contributed by atoms with Crippen molar-refractivity contribution in [2.24, 2.45) is 5.73 Å². The fraction of sp³-hybridized carbons (Fsp3) is 0.214. The highest BCUT2D eigenvalue weighted by Gasteiger charge is 2.09. The Morgan fingerprint density at radius 2 is 2.00 bits per heavy atom. The van der Waals surface area contributed by atoms with Gasteiger partial charge in [0.05, 0.1) is 12.3 Å². The van der Waals surface area contributed by atoms with Crippen molar-refractivity contribution < 1.29 is 5.11 Å². The van der Waals surface area contributed by atoms with Gasteiger partial charge in [-0.3, -0.25) is 0 Å². The minimum Gasteiger partial charge on any atom is -0.396 e. The standard InChI is InChI=1S/C14H15N3OS2/c1-9-2-4-10(5-3-9)11-8-12(13(15)19)17-14(16-11)20-7-6-18/h2-5,8,18H,6-7H2,1H3,(H2,15,19). The quantitative estimate of drug-likeness (QED) is 0.501. The van der Waals surface area contributed by atoms with Crippen molar-refractivity contribution in [1.82, 2.24) is 9.97 Å². The second-order valence-electron chi connectivity index (χ2n) is 4.22. The molecule has 4 nitrogen and oxygen atoms in total. The summed E-state index contributed by atoms with van der Waals surface area (Å²) in [6.45, 7) is 2.11. The van der Waals surface area contributed by atoms with Crippen LogP contribution in [0.5, 0.6) is 0 Å². The highest BCUT2D eigenvalue weighted by molar-refractivity contribution is 7.99. The average molecular weight is 305 g/mol. The second kappa shape index (κ2) is 6.78. The summed E-state index contributed by atoms with van der Waals surface area (Å²) in [6.07, 6.45) is 0. The normalized spacial score (nSPS) is 10.5. The molecule has 0 saturated heterocycles. The van der Waals surface area contributed by atoms with E-state index in [2.05, 4.69) is 9.97 Å². The summed E-state index contributed by atoms with van der Waals surface area (Å²) in [6, 6.07) is 9.84. The third-order valence-corrected chi connectivity index (χ3v) is 3.66. The van der Waals surface area contributed by atoms with Crippen LogP contribution in [0.3, 0.4) is 0 Å². The number of hydrogen-bond acceptors (Lipinski definition) is 5. The molecule has 1 aromatic heterocycles. The molecule has 0 aliphatic rings. The van der Waals surface area contributed by atoms with Crippen molar-refractivity contribution in [3.8, 4) is 11.3 Å². The summed E-state index contributed by atoms with van der Waals surface area (Å²) in [5.74, 6) is 0.536. The zero-order valence-corrected chi connectivity index (χ0v) is 12.7. The van der Waals surface area contributed by atoms with Gasteiger partial charge < -0.3 is 10.8 Å². The van der Waals surface area contributed by atoms with Crippen molar-refractivity contribution >= 4 is 29.0 Å². The molecule has 0 aliphatic carbocycles. The lowest BCUT2D eigenvalue weighted by molar-refractivity contribution is 0.322. The molecule has 104 valence electrons. The Labute approximate surface area is 127 Å². The summed E-state index contributed by atoms with van der Waals surface area (Å²) < 4.78 is 0. The van der Waals surface area contributed by atoms with Gasteiger partial charge in [0.2, 0.25) is 0 Å². The molecular formula is C14H15N3OS2. The Bertz CT molecular complexity index is 614. The maximum absolute atomic E-state index is 8.90. The molecule has 3 N–H and O–H groups in total. The molecule has 0 spiro atoms. The van der Waals surface area contributed by atoms with Gasteiger partial charge in [-0.05, 0) is 13.0 Å². The lowest BCUT2D eigenvalue weighted by Crippen LogP contribution is -2.13. The van der Waals surface area contributed by atoms with Gasteiger partial charge in [0.1, 0.15) is 10.7 Å². The van der Waals surface area contributed by atoms with Gasteiger partial charge in [-0.2, -0.15) is 0 Å². The highest BCUT2D eigenvalue weighted by atomic mass is 32.2. The van der Waals surface area contributed by atoms with E-state index in [0.717, 1.165) is 11.3 Å². The fourth-order valence-corrected chi connectivity index (χ4v) is 2.33.